The van der Waals surface area contributed by atoms with Gasteiger partial charge < -0.3 is 10.00 Å². The Bertz CT molecular complexity index is 842. The minimum Gasteiger partial charge on any atom is -0.337 e. The van der Waals surface area contributed by atoms with E-state index in [0.717, 1.165) is 16.2 Å². The highest BCUT2D eigenvalue weighted by Gasteiger charge is 2.23. The number of H-pyrrole nitrogens is 2. The van der Waals surface area contributed by atoms with E-state index in [4.69, 9.17) is 0 Å². The van der Waals surface area contributed by atoms with Crippen LogP contribution in [0, 0.1) is 0 Å². The van der Waals surface area contributed by atoms with Crippen molar-refractivity contribution in [3.8, 4) is 0 Å². The summed E-state index contributed by atoms with van der Waals surface area (Å²) in [6.07, 6.45) is 4.87. The monoisotopic (exact) mass is 303 g/mol. The van der Waals surface area contributed by atoms with Crippen LogP contribution in [-0.2, 0) is 12.8 Å². The van der Waals surface area contributed by atoms with Crippen LogP contribution in [0.25, 0.3) is 4.96 Å². The van der Waals surface area contributed by atoms with Gasteiger partial charge in [-0.05, 0) is 6.42 Å². The van der Waals surface area contributed by atoms with Gasteiger partial charge in [0.05, 0.1) is 0 Å². The van der Waals surface area contributed by atoms with Crippen molar-refractivity contribution in [2.45, 2.75) is 12.8 Å². The summed E-state index contributed by atoms with van der Waals surface area (Å²) in [4.78, 5) is 31.1. The highest BCUT2D eigenvalue weighted by Crippen LogP contribution is 2.15. The summed E-state index contributed by atoms with van der Waals surface area (Å²) in [7, 11) is 0. The van der Waals surface area contributed by atoms with Crippen LogP contribution in [0.1, 0.15) is 21.7 Å². The van der Waals surface area contributed by atoms with Crippen molar-refractivity contribution in [2.75, 3.05) is 13.1 Å². The number of hydrogen-bond donors (Lipinski definition) is 2. The van der Waals surface area contributed by atoms with E-state index in [1.54, 1.807) is 11.1 Å². The zero-order chi connectivity index (χ0) is 14.4. The first kappa shape index (κ1) is 12.4. The zero-order valence-corrected chi connectivity index (χ0v) is 11.9. The number of aromatic amines is 2. The fourth-order valence-electron chi connectivity index (χ4n) is 2.70. The fraction of sp³-hybridized carbons (Fsp3) is 0.308. The van der Waals surface area contributed by atoms with Crippen molar-refractivity contribution in [3.05, 3.63) is 45.1 Å². The Morgan fingerprint density at radius 3 is 3.00 bits per heavy atom. The normalized spacial score (nSPS) is 15.1. The lowest BCUT2D eigenvalue weighted by molar-refractivity contribution is 0.0757. The Morgan fingerprint density at radius 1 is 1.29 bits per heavy atom. The van der Waals surface area contributed by atoms with E-state index in [2.05, 4.69) is 15.2 Å². The van der Waals surface area contributed by atoms with Crippen molar-refractivity contribution in [1.29, 1.82) is 0 Å². The molecule has 0 unspecified atom stereocenters. The molecule has 0 radical (unpaired) electrons. The second-order valence-electron chi connectivity index (χ2n) is 5.05. The summed E-state index contributed by atoms with van der Waals surface area (Å²) in [5, 5.41) is 7.42. The molecule has 1 aliphatic heterocycles. The molecule has 3 aromatic heterocycles. The largest absolute Gasteiger partial charge is 0.337 e. The Kier molecular flexibility index (Phi) is 2.71. The molecule has 0 bridgehead atoms. The smallest absolute Gasteiger partial charge is 0.274 e. The standard InChI is InChI=1S/C13H13N5O2S/c19-11-8-1-3-17(4-2-9(8)15-16-11)12(20)10-7-18-5-6-21-13(18)14-10/h5-7H,1-4H2,(H2,15,16,19). The molecule has 0 fully saturated rings. The van der Waals surface area contributed by atoms with E-state index < -0.39 is 0 Å². The predicted octanol–water partition coefficient (Wildman–Crippen LogP) is 0.653. The van der Waals surface area contributed by atoms with Gasteiger partial charge in [-0.1, -0.05) is 0 Å². The molecule has 0 saturated heterocycles. The zero-order valence-electron chi connectivity index (χ0n) is 11.1. The number of hydrogen-bond acceptors (Lipinski definition) is 4. The third-order valence-corrected chi connectivity index (χ3v) is 4.60. The Hall–Kier alpha value is -2.35. The van der Waals surface area contributed by atoms with E-state index in [1.807, 2.05) is 16.0 Å². The van der Waals surface area contributed by atoms with Crippen LogP contribution in [0.2, 0.25) is 0 Å². The maximum atomic E-state index is 12.5. The van der Waals surface area contributed by atoms with Crippen molar-refractivity contribution >= 4 is 22.2 Å². The molecular weight excluding hydrogens is 290 g/mol. The summed E-state index contributed by atoms with van der Waals surface area (Å²) in [5.41, 5.74) is 2.04. The molecule has 4 heterocycles. The van der Waals surface area contributed by atoms with Crippen molar-refractivity contribution < 1.29 is 4.79 Å². The van der Waals surface area contributed by atoms with Gasteiger partial charge in [-0.2, -0.15) is 0 Å². The average Bonchev–Trinajstić information content (AvgIpc) is 3.10. The molecule has 21 heavy (non-hydrogen) atoms. The van der Waals surface area contributed by atoms with E-state index in [1.165, 1.54) is 11.3 Å². The number of rotatable bonds is 1. The van der Waals surface area contributed by atoms with E-state index in [-0.39, 0.29) is 11.5 Å². The SMILES string of the molecule is O=C(c1cn2ccsc2n1)N1CCc2[nH][nH]c(=O)c2CC1. The first-order chi connectivity index (χ1) is 10.2. The van der Waals surface area contributed by atoms with Gasteiger partial charge in [0.15, 0.2) is 4.96 Å². The number of thiazole rings is 1. The second-order valence-corrected chi connectivity index (χ2v) is 5.92. The third-order valence-electron chi connectivity index (χ3n) is 3.83. The number of nitrogens with zero attached hydrogens (tertiary/aromatic N) is 3. The summed E-state index contributed by atoms with van der Waals surface area (Å²) in [6, 6.07) is 0. The van der Waals surface area contributed by atoms with E-state index in [0.29, 0.717) is 31.6 Å². The quantitative estimate of drug-likeness (QED) is 0.692. The molecule has 0 aromatic carbocycles. The summed E-state index contributed by atoms with van der Waals surface area (Å²) in [6.45, 7) is 1.13. The number of fused-ring (bicyclic) bond motifs is 2. The minimum absolute atomic E-state index is 0.0764. The van der Waals surface area contributed by atoms with Crippen LogP contribution in [0.5, 0.6) is 0 Å². The van der Waals surface area contributed by atoms with Gasteiger partial charge in [-0.3, -0.25) is 19.1 Å². The molecule has 1 aliphatic rings. The topological polar surface area (TPSA) is 86.3 Å². The van der Waals surface area contributed by atoms with Gasteiger partial charge in [0.25, 0.3) is 11.5 Å². The molecule has 3 aromatic rings. The molecule has 0 aliphatic carbocycles. The van der Waals surface area contributed by atoms with Crippen molar-refractivity contribution in [2.24, 2.45) is 0 Å². The van der Waals surface area contributed by atoms with Crippen molar-refractivity contribution in [3.63, 3.8) is 0 Å². The van der Waals surface area contributed by atoms with E-state index >= 15 is 0 Å². The van der Waals surface area contributed by atoms with Gasteiger partial charge in [0, 0.05) is 48.5 Å². The second kappa shape index (κ2) is 4.59. The maximum Gasteiger partial charge on any atom is 0.274 e. The molecule has 8 heteroatoms. The molecule has 1 amide bonds. The van der Waals surface area contributed by atoms with Crippen LogP contribution in [0.3, 0.4) is 0 Å². The van der Waals surface area contributed by atoms with Crippen molar-refractivity contribution in [1.82, 2.24) is 24.5 Å². The number of aromatic nitrogens is 4. The highest BCUT2D eigenvalue weighted by atomic mass is 32.1. The average molecular weight is 303 g/mol. The van der Waals surface area contributed by atoms with Gasteiger partial charge in [0.2, 0.25) is 0 Å². The summed E-state index contributed by atoms with van der Waals surface area (Å²) in [5.74, 6) is -0.0764. The van der Waals surface area contributed by atoms with E-state index in [9.17, 15) is 9.59 Å². The van der Waals surface area contributed by atoms with Gasteiger partial charge >= 0.3 is 0 Å². The maximum absolute atomic E-state index is 12.5. The lowest BCUT2D eigenvalue weighted by atomic mass is 10.2. The van der Waals surface area contributed by atoms with Crippen LogP contribution in [0.15, 0.2) is 22.6 Å². The molecule has 7 nitrogen and oxygen atoms in total. The molecular formula is C13H13N5O2S. The fourth-order valence-corrected chi connectivity index (χ4v) is 3.40. The molecule has 0 saturated carbocycles. The Morgan fingerprint density at radius 2 is 2.14 bits per heavy atom. The van der Waals surface area contributed by atoms with Gasteiger partial charge in [-0.15, -0.1) is 11.3 Å². The Balaban J connectivity index is 1.58. The van der Waals surface area contributed by atoms with Crippen LogP contribution < -0.4 is 5.56 Å². The Labute approximate surface area is 123 Å². The third kappa shape index (κ3) is 1.99. The first-order valence-corrected chi connectivity index (χ1v) is 7.60. The lowest BCUT2D eigenvalue weighted by Gasteiger charge is -2.18. The summed E-state index contributed by atoms with van der Waals surface area (Å²) >= 11 is 1.50. The number of carbonyl (C=O) groups excluding carboxylic acids is 1. The predicted molar refractivity (Wildman–Crippen MR) is 77.8 cm³/mol. The first-order valence-electron chi connectivity index (χ1n) is 6.72. The number of imidazole rings is 1. The highest BCUT2D eigenvalue weighted by molar-refractivity contribution is 7.15. The number of nitrogens with one attached hydrogen (secondary N) is 2. The molecule has 0 spiro atoms. The number of carbonyl (C=O) groups is 1. The molecule has 4 rings (SSSR count). The van der Waals surface area contributed by atoms with Gasteiger partial charge in [-0.25, -0.2) is 4.98 Å². The minimum atomic E-state index is -0.0817. The van der Waals surface area contributed by atoms with Crippen LogP contribution in [0.4, 0.5) is 0 Å². The number of amides is 1. The van der Waals surface area contributed by atoms with Crippen LogP contribution >= 0.6 is 11.3 Å². The van der Waals surface area contributed by atoms with Crippen LogP contribution in [-0.4, -0.2) is 43.5 Å². The van der Waals surface area contributed by atoms with Gasteiger partial charge in [0.1, 0.15) is 5.69 Å². The molecule has 2 N–H and O–H groups in total. The summed E-state index contributed by atoms with van der Waals surface area (Å²) < 4.78 is 1.85. The molecule has 0 atom stereocenters. The lowest BCUT2D eigenvalue weighted by Crippen LogP contribution is -2.33. The molecule has 108 valence electrons.